The Bertz CT molecular complexity index is 1210. The zero-order valence-corrected chi connectivity index (χ0v) is 18.2. The SMILES string of the molecule is O=C1NC(=O)N(c2cccc(Cl)c2)C(=O)/C1=C/c1ccc(Sc2ccc(Cl)cc2)cc1. The molecule has 0 saturated carbocycles. The van der Waals surface area contributed by atoms with Gasteiger partial charge in [-0.05, 0) is 66.2 Å². The van der Waals surface area contributed by atoms with Crippen molar-refractivity contribution in [2.75, 3.05) is 4.90 Å². The molecule has 8 heteroatoms. The monoisotopic (exact) mass is 468 g/mol. The van der Waals surface area contributed by atoms with E-state index in [0.717, 1.165) is 14.7 Å². The van der Waals surface area contributed by atoms with Crippen molar-refractivity contribution in [3.63, 3.8) is 0 Å². The second-order valence-electron chi connectivity index (χ2n) is 6.56. The van der Waals surface area contributed by atoms with E-state index in [-0.39, 0.29) is 11.3 Å². The van der Waals surface area contributed by atoms with Crippen LogP contribution in [0.5, 0.6) is 0 Å². The molecule has 4 rings (SSSR count). The number of anilines is 1. The van der Waals surface area contributed by atoms with Crippen LogP contribution in [0.15, 0.2) is 88.2 Å². The Labute approximate surface area is 192 Å². The third-order valence-electron chi connectivity index (χ3n) is 4.41. The standard InChI is InChI=1S/C23H14Cl2N2O3S/c24-15-6-10-19(11-7-15)31-18-8-4-14(5-9-18)12-20-21(28)26-23(30)27(22(20)29)17-3-1-2-16(25)13-17/h1-13H,(H,26,28,30)/b20-12+. The number of nitrogens with zero attached hydrogens (tertiary/aromatic N) is 1. The Morgan fingerprint density at radius 1 is 0.806 bits per heavy atom. The summed E-state index contributed by atoms with van der Waals surface area (Å²) in [5.41, 5.74) is 0.792. The van der Waals surface area contributed by atoms with Crippen LogP contribution in [0.3, 0.4) is 0 Å². The number of hydrogen-bond donors (Lipinski definition) is 1. The molecule has 0 aromatic heterocycles. The number of hydrogen-bond acceptors (Lipinski definition) is 4. The van der Waals surface area contributed by atoms with Crippen molar-refractivity contribution < 1.29 is 14.4 Å². The molecule has 1 saturated heterocycles. The fraction of sp³-hybridized carbons (Fsp3) is 0. The summed E-state index contributed by atoms with van der Waals surface area (Å²) in [6.07, 6.45) is 1.46. The fourth-order valence-corrected chi connectivity index (χ4v) is 4.07. The van der Waals surface area contributed by atoms with Crippen LogP contribution in [-0.4, -0.2) is 17.8 Å². The van der Waals surface area contributed by atoms with Crippen LogP contribution in [0.2, 0.25) is 10.0 Å². The Balaban J connectivity index is 1.57. The van der Waals surface area contributed by atoms with Gasteiger partial charge in [-0.1, -0.05) is 53.2 Å². The average molecular weight is 469 g/mol. The molecule has 1 N–H and O–H groups in total. The number of carbonyl (C=O) groups is 3. The Hall–Kier alpha value is -3.06. The molecule has 1 aliphatic heterocycles. The lowest BCUT2D eigenvalue weighted by molar-refractivity contribution is -0.122. The molecule has 5 nitrogen and oxygen atoms in total. The molecule has 1 aliphatic rings. The molecule has 0 spiro atoms. The van der Waals surface area contributed by atoms with Crippen LogP contribution in [0.4, 0.5) is 10.5 Å². The number of barbiturate groups is 1. The minimum absolute atomic E-state index is 0.141. The second kappa shape index (κ2) is 8.98. The van der Waals surface area contributed by atoms with Gasteiger partial charge >= 0.3 is 6.03 Å². The number of benzene rings is 3. The zero-order chi connectivity index (χ0) is 22.0. The normalized spacial score (nSPS) is 15.4. The van der Waals surface area contributed by atoms with Crippen molar-refractivity contribution in [2.45, 2.75) is 9.79 Å². The number of carbonyl (C=O) groups excluding carboxylic acids is 3. The van der Waals surface area contributed by atoms with Gasteiger partial charge in [0.1, 0.15) is 5.57 Å². The van der Waals surface area contributed by atoms with Crippen LogP contribution < -0.4 is 10.2 Å². The summed E-state index contributed by atoms with van der Waals surface area (Å²) in [6, 6.07) is 20.3. The summed E-state index contributed by atoms with van der Waals surface area (Å²) < 4.78 is 0. The quantitative estimate of drug-likeness (QED) is 0.387. The summed E-state index contributed by atoms with van der Waals surface area (Å²) in [5.74, 6) is -1.46. The lowest BCUT2D eigenvalue weighted by atomic mass is 10.1. The van der Waals surface area contributed by atoms with Crippen molar-refractivity contribution in [2.24, 2.45) is 0 Å². The van der Waals surface area contributed by atoms with Crippen molar-refractivity contribution in [3.05, 3.63) is 94.0 Å². The molecule has 1 heterocycles. The second-order valence-corrected chi connectivity index (χ2v) is 8.58. The molecule has 1 fully saturated rings. The summed E-state index contributed by atoms with van der Waals surface area (Å²) in [6.45, 7) is 0. The van der Waals surface area contributed by atoms with Crippen LogP contribution >= 0.6 is 35.0 Å². The number of amides is 4. The molecule has 4 amide bonds. The third kappa shape index (κ3) is 4.82. The van der Waals surface area contributed by atoms with E-state index >= 15 is 0 Å². The van der Waals surface area contributed by atoms with E-state index < -0.39 is 17.8 Å². The van der Waals surface area contributed by atoms with E-state index in [9.17, 15) is 14.4 Å². The van der Waals surface area contributed by atoms with Gasteiger partial charge in [0.05, 0.1) is 5.69 Å². The molecule has 31 heavy (non-hydrogen) atoms. The highest BCUT2D eigenvalue weighted by molar-refractivity contribution is 7.99. The Morgan fingerprint density at radius 3 is 2.10 bits per heavy atom. The summed E-state index contributed by atoms with van der Waals surface area (Å²) in [5, 5.41) is 3.24. The van der Waals surface area contributed by atoms with Gasteiger partial charge in [0.2, 0.25) is 0 Å². The first-order chi connectivity index (χ1) is 14.9. The first kappa shape index (κ1) is 21.2. The van der Waals surface area contributed by atoms with Crippen molar-refractivity contribution in [3.8, 4) is 0 Å². The van der Waals surface area contributed by atoms with Crippen LogP contribution in [-0.2, 0) is 9.59 Å². The van der Waals surface area contributed by atoms with E-state index in [1.165, 1.54) is 12.1 Å². The number of imide groups is 2. The molecule has 3 aromatic rings. The smallest absolute Gasteiger partial charge is 0.273 e. The largest absolute Gasteiger partial charge is 0.335 e. The van der Waals surface area contributed by atoms with Crippen molar-refractivity contribution in [1.82, 2.24) is 5.32 Å². The molecule has 154 valence electrons. The summed E-state index contributed by atoms with van der Waals surface area (Å²) in [7, 11) is 0. The molecule has 0 unspecified atom stereocenters. The molecular weight excluding hydrogens is 455 g/mol. The lowest BCUT2D eigenvalue weighted by Gasteiger charge is -2.26. The highest BCUT2D eigenvalue weighted by Crippen LogP contribution is 2.29. The highest BCUT2D eigenvalue weighted by atomic mass is 35.5. The maximum Gasteiger partial charge on any atom is 0.335 e. The molecule has 3 aromatic carbocycles. The Kier molecular flexibility index (Phi) is 6.13. The summed E-state index contributed by atoms with van der Waals surface area (Å²) >= 11 is 13.4. The predicted octanol–water partition coefficient (Wildman–Crippen LogP) is 5.81. The van der Waals surface area contributed by atoms with Gasteiger partial charge in [0.15, 0.2) is 0 Å². The first-order valence-corrected chi connectivity index (χ1v) is 10.7. The van der Waals surface area contributed by atoms with E-state index in [1.807, 2.05) is 36.4 Å². The van der Waals surface area contributed by atoms with Gasteiger partial charge in [-0.3, -0.25) is 14.9 Å². The molecule has 0 aliphatic carbocycles. The number of halogens is 2. The van der Waals surface area contributed by atoms with Crippen molar-refractivity contribution >= 4 is 64.6 Å². The molecular formula is C23H14Cl2N2O3S. The maximum absolute atomic E-state index is 12.9. The Morgan fingerprint density at radius 2 is 1.45 bits per heavy atom. The van der Waals surface area contributed by atoms with Crippen LogP contribution in [0, 0.1) is 0 Å². The van der Waals surface area contributed by atoms with Gasteiger partial charge in [0, 0.05) is 19.8 Å². The number of rotatable bonds is 4. The topological polar surface area (TPSA) is 66.5 Å². The van der Waals surface area contributed by atoms with E-state index in [0.29, 0.717) is 15.6 Å². The van der Waals surface area contributed by atoms with Crippen molar-refractivity contribution in [1.29, 1.82) is 0 Å². The van der Waals surface area contributed by atoms with Gasteiger partial charge in [-0.25, -0.2) is 9.69 Å². The fourth-order valence-electron chi connectivity index (χ4n) is 2.94. The lowest BCUT2D eigenvalue weighted by Crippen LogP contribution is -2.54. The van der Waals surface area contributed by atoms with E-state index in [4.69, 9.17) is 23.2 Å². The number of nitrogens with one attached hydrogen (secondary N) is 1. The van der Waals surface area contributed by atoms with Gasteiger partial charge < -0.3 is 0 Å². The van der Waals surface area contributed by atoms with E-state index in [2.05, 4.69) is 5.32 Å². The van der Waals surface area contributed by atoms with Gasteiger partial charge in [0.25, 0.3) is 11.8 Å². The van der Waals surface area contributed by atoms with Crippen LogP contribution in [0.1, 0.15) is 5.56 Å². The van der Waals surface area contributed by atoms with Gasteiger partial charge in [-0.15, -0.1) is 0 Å². The number of urea groups is 1. The minimum Gasteiger partial charge on any atom is -0.273 e. The predicted molar refractivity (Wildman–Crippen MR) is 122 cm³/mol. The minimum atomic E-state index is -0.816. The molecule has 0 radical (unpaired) electrons. The van der Waals surface area contributed by atoms with E-state index in [1.54, 1.807) is 42.1 Å². The average Bonchev–Trinajstić information content (AvgIpc) is 2.74. The zero-order valence-electron chi connectivity index (χ0n) is 15.8. The molecule has 0 atom stereocenters. The maximum atomic E-state index is 12.9. The van der Waals surface area contributed by atoms with Crippen LogP contribution in [0.25, 0.3) is 6.08 Å². The van der Waals surface area contributed by atoms with Gasteiger partial charge in [-0.2, -0.15) is 0 Å². The molecule has 0 bridgehead atoms. The third-order valence-corrected chi connectivity index (χ3v) is 5.91. The highest BCUT2D eigenvalue weighted by Gasteiger charge is 2.36. The first-order valence-electron chi connectivity index (χ1n) is 9.11. The summed E-state index contributed by atoms with van der Waals surface area (Å²) in [4.78, 5) is 40.4.